The minimum atomic E-state index is -0.383. The number of anilines is 1. The molecule has 0 fully saturated rings. The van der Waals surface area contributed by atoms with Crippen LogP contribution in [0.3, 0.4) is 0 Å². The Morgan fingerprint density at radius 3 is 2.94 bits per heavy atom. The van der Waals surface area contributed by atoms with E-state index in [1.807, 2.05) is 0 Å². The molecule has 1 aromatic carbocycles. The van der Waals surface area contributed by atoms with Gasteiger partial charge in [0.05, 0.1) is 6.26 Å². The fraction of sp³-hybridized carbons (Fsp3) is 0.0714. The number of carbonyl (C=O) groups excluding carboxylic acids is 1. The first-order valence-electron chi connectivity index (χ1n) is 5.44. The zero-order chi connectivity index (χ0) is 13.0. The molecule has 0 saturated carbocycles. The number of benzene rings is 1. The molecular formula is C14H12FNO2. The Hall–Kier alpha value is -2.36. The van der Waals surface area contributed by atoms with Crippen molar-refractivity contribution in [3.63, 3.8) is 0 Å². The first-order valence-corrected chi connectivity index (χ1v) is 5.44. The summed E-state index contributed by atoms with van der Waals surface area (Å²) < 4.78 is 18.1. The number of hydrogen-bond donors (Lipinski definition) is 1. The Morgan fingerprint density at radius 1 is 1.39 bits per heavy atom. The highest BCUT2D eigenvalue weighted by molar-refractivity contribution is 6.02. The van der Waals surface area contributed by atoms with E-state index in [1.54, 1.807) is 31.2 Å². The average molecular weight is 245 g/mol. The van der Waals surface area contributed by atoms with Crippen LogP contribution in [-0.4, -0.2) is 5.91 Å². The van der Waals surface area contributed by atoms with Crippen molar-refractivity contribution in [3.05, 3.63) is 59.8 Å². The van der Waals surface area contributed by atoms with E-state index in [0.29, 0.717) is 11.4 Å². The van der Waals surface area contributed by atoms with Gasteiger partial charge in [0.1, 0.15) is 11.6 Å². The van der Waals surface area contributed by atoms with Gasteiger partial charge >= 0.3 is 0 Å². The minimum absolute atomic E-state index is 0.333. The van der Waals surface area contributed by atoms with Crippen molar-refractivity contribution in [1.29, 1.82) is 0 Å². The molecule has 2 aromatic rings. The zero-order valence-corrected chi connectivity index (χ0v) is 9.81. The molecule has 0 aliphatic carbocycles. The number of aryl methyl sites for hydroxylation is 1. The molecule has 0 aliphatic heterocycles. The molecule has 0 atom stereocenters. The summed E-state index contributed by atoms with van der Waals surface area (Å²) in [4.78, 5) is 11.6. The van der Waals surface area contributed by atoms with Crippen LogP contribution in [0.15, 0.2) is 47.1 Å². The second-order valence-electron chi connectivity index (χ2n) is 3.80. The molecule has 1 amide bonds. The quantitative estimate of drug-likeness (QED) is 0.842. The van der Waals surface area contributed by atoms with Crippen LogP contribution in [0, 0.1) is 12.7 Å². The van der Waals surface area contributed by atoms with Crippen molar-refractivity contribution in [3.8, 4) is 0 Å². The van der Waals surface area contributed by atoms with Gasteiger partial charge in [-0.3, -0.25) is 4.79 Å². The van der Waals surface area contributed by atoms with Gasteiger partial charge in [-0.15, -0.1) is 0 Å². The van der Waals surface area contributed by atoms with Gasteiger partial charge < -0.3 is 9.73 Å². The molecular weight excluding hydrogens is 233 g/mol. The van der Waals surface area contributed by atoms with E-state index in [2.05, 4.69) is 5.32 Å². The Labute approximate surface area is 104 Å². The fourth-order valence-corrected chi connectivity index (χ4v) is 1.45. The van der Waals surface area contributed by atoms with Gasteiger partial charge in [-0.2, -0.15) is 0 Å². The smallest absolute Gasteiger partial charge is 0.248 e. The van der Waals surface area contributed by atoms with Gasteiger partial charge in [0.2, 0.25) is 5.91 Å². The SMILES string of the molecule is Cc1ccc(F)cc1NC(=O)/C=C/c1ccco1. The van der Waals surface area contributed by atoms with E-state index in [-0.39, 0.29) is 11.7 Å². The van der Waals surface area contributed by atoms with Gasteiger partial charge in [0.25, 0.3) is 0 Å². The number of rotatable bonds is 3. The molecule has 0 radical (unpaired) electrons. The van der Waals surface area contributed by atoms with Crippen LogP contribution >= 0.6 is 0 Å². The van der Waals surface area contributed by atoms with Crippen LogP contribution in [0.1, 0.15) is 11.3 Å². The van der Waals surface area contributed by atoms with Crippen molar-refractivity contribution >= 4 is 17.7 Å². The van der Waals surface area contributed by atoms with Crippen molar-refractivity contribution in [1.82, 2.24) is 0 Å². The summed E-state index contributed by atoms with van der Waals surface area (Å²) >= 11 is 0. The van der Waals surface area contributed by atoms with Gasteiger partial charge in [0, 0.05) is 11.8 Å². The lowest BCUT2D eigenvalue weighted by Gasteiger charge is -2.05. The van der Waals surface area contributed by atoms with Gasteiger partial charge in [-0.1, -0.05) is 6.07 Å². The minimum Gasteiger partial charge on any atom is -0.465 e. The summed E-state index contributed by atoms with van der Waals surface area (Å²) in [6.07, 6.45) is 4.40. The maximum Gasteiger partial charge on any atom is 0.248 e. The topological polar surface area (TPSA) is 42.2 Å². The maximum absolute atomic E-state index is 13.0. The highest BCUT2D eigenvalue weighted by atomic mass is 19.1. The molecule has 2 rings (SSSR count). The molecule has 0 aliphatic rings. The van der Waals surface area contributed by atoms with Crippen molar-refractivity contribution in [2.45, 2.75) is 6.92 Å². The Kier molecular flexibility index (Phi) is 3.57. The molecule has 0 saturated heterocycles. The molecule has 1 heterocycles. The second kappa shape index (κ2) is 5.31. The second-order valence-corrected chi connectivity index (χ2v) is 3.80. The molecule has 0 bridgehead atoms. The van der Waals surface area contributed by atoms with Gasteiger partial charge in [-0.05, 0) is 42.8 Å². The van der Waals surface area contributed by atoms with Gasteiger partial charge in [-0.25, -0.2) is 4.39 Å². The number of furan rings is 1. The number of amides is 1. The predicted octanol–water partition coefficient (Wildman–Crippen LogP) is 3.38. The summed E-state index contributed by atoms with van der Waals surface area (Å²) in [6.45, 7) is 1.80. The number of nitrogens with one attached hydrogen (secondary N) is 1. The monoisotopic (exact) mass is 245 g/mol. The third kappa shape index (κ3) is 3.07. The Bertz CT molecular complexity index is 573. The van der Waals surface area contributed by atoms with E-state index < -0.39 is 0 Å². The van der Waals surface area contributed by atoms with E-state index in [9.17, 15) is 9.18 Å². The lowest BCUT2D eigenvalue weighted by Crippen LogP contribution is -2.09. The van der Waals surface area contributed by atoms with Crippen LogP contribution in [0.2, 0.25) is 0 Å². The predicted molar refractivity (Wildman–Crippen MR) is 67.5 cm³/mol. The summed E-state index contributed by atoms with van der Waals surface area (Å²) in [5.74, 6) is -0.132. The highest BCUT2D eigenvalue weighted by Crippen LogP contribution is 2.16. The summed E-state index contributed by atoms with van der Waals surface area (Å²) in [5, 5.41) is 2.61. The molecule has 18 heavy (non-hydrogen) atoms. The number of hydrogen-bond acceptors (Lipinski definition) is 2. The Morgan fingerprint density at radius 2 is 2.22 bits per heavy atom. The van der Waals surface area contributed by atoms with E-state index in [1.165, 1.54) is 24.5 Å². The highest BCUT2D eigenvalue weighted by Gasteiger charge is 2.03. The molecule has 0 unspecified atom stereocenters. The van der Waals surface area contributed by atoms with E-state index in [0.717, 1.165) is 5.56 Å². The molecule has 1 aromatic heterocycles. The standard InChI is InChI=1S/C14H12FNO2/c1-10-4-5-11(15)9-13(10)16-14(17)7-6-12-3-2-8-18-12/h2-9H,1H3,(H,16,17)/b7-6+. The van der Waals surface area contributed by atoms with Crippen LogP contribution in [-0.2, 0) is 4.79 Å². The van der Waals surface area contributed by atoms with Crippen LogP contribution in [0.25, 0.3) is 6.08 Å². The fourth-order valence-electron chi connectivity index (χ4n) is 1.45. The lowest BCUT2D eigenvalue weighted by atomic mass is 10.2. The Balaban J connectivity index is 2.05. The largest absolute Gasteiger partial charge is 0.465 e. The van der Waals surface area contributed by atoms with Crippen LogP contribution in [0.4, 0.5) is 10.1 Å². The molecule has 92 valence electrons. The van der Waals surface area contributed by atoms with Crippen LogP contribution < -0.4 is 5.32 Å². The van der Waals surface area contributed by atoms with Crippen molar-refractivity contribution < 1.29 is 13.6 Å². The summed E-state index contributed by atoms with van der Waals surface area (Å²) in [6, 6.07) is 7.71. The average Bonchev–Trinajstić information content (AvgIpc) is 2.84. The molecule has 3 nitrogen and oxygen atoms in total. The summed E-state index contributed by atoms with van der Waals surface area (Å²) in [5.41, 5.74) is 1.26. The number of carbonyl (C=O) groups is 1. The zero-order valence-electron chi connectivity index (χ0n) is 9.81. The lowest BCUT2D eigenvalue weighted by molar-refractivity contribution is -0.111. The van der Waals surface area contributed by atoms with E-state index >= 15 is 0 Å². The maximum atomic E-state index is 13.0. The third-order valence-corrected chi connectivity index (χ3v) is 2.40. The molecule has 4 heteroatoms. The van der Waals surface area contributed by atoms with Crippen LogP contribution in [0.5, 0.6) is 0 Å². The normalized spacial score (nSPS) is 10.8. The first kappa shape index (κ1) is 12.1. The third-order valence-electron chi connectivity index (χ3n) is 2.40. The molecule has 1 N–H and O–H groups in total. The molecule has 0 spiro atoms. The van der Waals surface area contributed by atoms with Gasteiger partial charge in [0.15, 0.2) is 0 Å². The van der Waals surface area contributed by atoms with E-state index in [4.69, 9.17) is 4.42 Å². The van der Waals surface area contributed by atoms with Crippen molar-refractivity contribution in [2.24, 2.45) is 0 Å². The summed E-state index contributed by atoms with van der Waals surface area (Å²) in [7, 11) is 0. The number of halogens is 1. The van der Waals surface area contributed by atoms with Crippen molar-refractivity contribution in [2.75, 3.05) is 5.32 Å². The first-order chi connectivity index (χ1) is 8.65.